The lowest BCUT2D eigenvalue weighted by molar-refractivity contribution is -0.137. The van der Waals surface area contributed by atoms with E-state index in [4.69, 9.17) is 9.84 Å². The summed E-state index contributed by atoms with van der Waals surface area (Å²) in [6.45, 7) is 3.72. The smallest absolute Gasteiger partial charge is 0.408 e. The molecule has 0 saturated carbocycles. The van der Waals surface area contributed by atoms with Gasteiger partial charge in [0.05, 0.1) is 0 Å². The van der Waals surface area contributed by atoms with E-state index in [9.17, 15) is 14.4 Å². The number of carbonyl (C=O) groups excluding carboxylic acids is 2. The minimum Gasteiger partial charge on any atom is -0.481 e. The van der Waals surface area contributed by atoms with Crippen molar-refractivity contribution in [1.82, 2.24) is 10.6 Å². The highest BCUT2D eigenvalue weighted by molar-refractivity contribution is 5.89. The van der Waals surface area contributed by atoms with Crippen molar-refractivity contribution in [3.05, 3.63) is 59.7 Å². The van der Waals surface area contributed by atoms with Crippen LogP contribution in [-0.2, 0) is 14.3 Å². The van der Waals surface area contributed by atoms with Crippen molar-refractivity contribution in [1.29, 1.82) is 0 Å². The van der Waals surface area contributed by atoms with E-state index in [2.05, 4.69) is 22.8 Å². The van der Waals surface area contributed by atoms with Gasteiger partial charge in [0.25, 0.3) is 0 Å². The van der Waals surface area contributed by atoms with Gasteiger partial charge in [-0.1, -0.05) is 48.5 Å². The Morgan fingerprint density at radius 3 is 2.13 bits per heavy atom. The Bertz CT molecular complexity index is 924. The number of hydrogen-bond donors (Lipinski definition) is 3. The first kappa shape index (κ1) is 22.3. The molecule has 0 unspecified atom stereocenters. The fourth-order valence-electron chi connectivity index (χ4n) is 3.77. The Morgan fingerprint density at radius 1 is 0.968 bits per heavy atom. The van der Waals surface area contributed by atoms with Gasteiger partial charge in [-0.15, -0.1) is 0 Å². The first-order valence-corrected chi connectivity index (χ1v) is 10.4. The third-order valence-corrected chi connectivity index (χ3v) is 5.43. The normalized spacial score (nSPS) is 12.6. The van der Waals surface area contributed by atoms with Gasteiger partial charge in [0.15, 0.2) is 0 Å². The molecule has 0 aliphatic heterocycles. The zero-order valence-electron chi connectivity index (χ0n) is 17.8. The number of carbonyl (C=O) groups is 3. The Kier molecular flexibility index (Phi) is 6.95. The molecule has 0 radical (unpaired) electrons. The molecule has 3 N–H and O–H groups in total. The third kappa shape index (κ3) is 5.42. The van der Waals surface area contributed by atoms with Crippen LogP contribution < -0.4 is 10.6 Å². The van der Waals surface area contributed by atoms with Gasteiger partial charge in [-0.25, -0.2) is 4.79 Å². The van der Waals surface area contributed by atoms with Gasteiger partial charge in [-0.05, 0) is 48.9 Å². The number of hydrogen-bond acceptors (Lipinski definition) is 4. The zero-order valence-corrected chi connectivity index (χ0v) is 17.8. The molecule has 7 heteroatoms. The average Bonchev–Trinajstić information content (AvgIpc) is 3.05. The summed E-state index contributed by atoms with van der Waals surface area (Å²) in [7, 11) is 0. The second-order valence-electron chi connectivity index (χ2n) is 8.18. The Hall–Kier alpha value is -3.35. The lowest BCUT2D eigenvalue weighted by atomic mass is 9.98. The van der Waals surface area contributed by atoms with Crippen molar-refractivity contribution >= 4 is 18.0 Å². The van der Waals surface area contributed by atoms with Crippen molar-refractivity contribution in [3.8, 4) is 11.1 Å². The van der Waals surface area contributed by atoms with E-state index in [0.29, 0.717) is 19.4 Å². The molecule has 31 heavy (non-hydrogen) atoms. The Morgan fingerprint density at radius 2 is 1.55 bits per heavy atom. The van der Waals surface area contributed by atoms with Gasteiger partial charge in [0, 0.05) is 18.9 Å². The summed E-state index contributed by atoms with van der Waals surface area (Å²) in [5.74, 6) is -1.26. The predicted octanol–water partition coefficient (Wildman–Crippen LogP) is 3.67. The fourth-order valence-corrected chi connectivity index (χ4v) is 3.77. The van der Waals surface area contributed by atoms with E-state index in [1.165, 1.54) is 0 Å². The van der Waals surface area contributed by atoms with E-state index in [1.54, 1.807) is 13.8 Å². The van der Waals surface area contributed by atoms with Crippen LogP contribution in [0.3, 0.4) is 0 Å². The Balaban J connectivity index is 1.53. The highest BCUT2D eigenvalue weighted by atomic mass is 16.5. The number of alkyl carbamates (subject to hydrolysis) is 1. The number of amides is 2. The second kappa shape index (κ2) is 9.64. The number of rotatable bonds is 9. The average molecular weight is 424 g/mol. The number of ether oxygens (including phenoxy) is 1. The maximum atomic E-state index is 12.4. The standard InChI is InChI=1S/C24H28N2O5/c1-24(2,22(29)25-14-8-7-13-21(27)28)26-23(30)31-15-20-18-11-5-3-9-16(18)17-10-4-6-12-19(17)20/h3-6,9-12,20H,7-8,13-15H2,1-2H3,(H,25,29)(H,26,30)(H,27,28). The molecule has 1 aliphatic rings. The molecule has 0 saturated heterocycles. The van der Waals surface area contributed by atoms with Crippen molar-refractivity contribution in [2.75, 3.05) is 13.2 Å². The van der Waals surface area contributed by atoms with Crippen LogP contribution in [0, 0.1) is 0 Å². The number of carboxylic acid groups (broad SMARTS) is 1. The molecule has 7 nitrogen and oxygen atoms in total. The molecule has 0 spiro atoms. The highest BCUT2D eigenvalue weighted by Crippen LogP contribution is 2.44. The van der Waals surface area contributed by atoms with E-state index in [-0.39, 0.29) is 24.9 Å². The second-order valence-corrected chi connectivity index (χ2v) is 8.18. The molecule has 2 aromatic carbocycles. The van der Waals surface area contributed by atoms with Crippen molar-refractivity contribution < 1.29 is 24.2 Å². The van der Waals surface area contributed by atoms with Gasteiger partial charge >= 0.3 is 12.1 Å². The molecular weight excluding hydrogens is 396 g/mol. The largest absolute Gasteiger partial charge is 0.481 e. The minimum atomic E-state index is -1.16. The number of benzene rings is 2. The molecule has 0 atom stereocenters. The molecule has 2 aromatic rings. The molecule has 3 rings (SSSR count). The third-order valence-electron chi connectivity index (χ3n) is 5.43. The van der Waals surface area contributed by atoms with Crippen LogP contribution >= 0.6 is 0 Å². The monoisotopic (exact) mass is 424 g/mol. The zero-order chi connectivity index (χ0) is 22.4. The topological polar surface area (TPSA) is 105 Å². The molecule has 2 amide bonds. The van der Waals surface area contributed by atoms with Gasteiger partial charge in [0.1, 0.15) is 12.1 Å². The number of carboxylic acids is 1. The fraction of sp³-hybridized carbons (Fsp3) is 0.375. The predicted molar refractivity (Wildman–Crippen MR) is 117 cm³/mol. The van der Waals surface area contributed by atoms with Crippen LogP contribution in [0.25, 0.3) is 11.1 Å². The lowest BCUT2D eigenvalue weighted by Gasteiger charge is -2.25. The van der Waals surface area contributed by atoms with Crippen molar-refractivity contribution in [2.45, 2.75) is 44.6 Å². The van der Waals surface area contributed by atoms with Crippen LogP contribution in [0.2, 0.25) is 0 Å². The first-order chi connectivity index (χ1) is 14.8. The first-order valence-electron chi connectivity index (χ1n) is 10.4. The Labute approximate surface area is 181 Å². The van der Waals surface area contributed by atoms with E-state index >= 15 is 0 Å². The van der Waals surface area contributed by atoms with Crippen molar-refractivity contribution in [2.24, 2.45) is 0 Å². The highest BCUT2D eigenvalue weighted by Gasteiger charge is 2.32. The summed E-state index contributed by atoms with van der Waals surface area (Å²) in [4.78, 5) is 35.3. The van der Waals surface area contributed by atoms with Crippen molar-refractivity contribution in [3.63, 3.8) is 0 Å². The molecular formula is C24H28N2O5. The molecule has 164 valence electrons. The lowest BCUT2D eigenvalue weighted by Crippen LogP contribution is -2.55. The van der Waals surface area contributed by atoms with E-state index < -0.39 is 17.6 Å². The van der Waals surface area contributed by atoms with E-state index in [1.807, 2.05) is 36.4 Å². The maximum absolute atomic E-state index is 12.4. The SMILES string of the molecule is CC(C)(NC(=O)OCC1c2ccccc2-c2ccccc21)C(=O)NCCCCC(=O)O. The number of nitrogens with one attached hydrogen (secondary N) is 2. The van der Waals surface area contributed by atoms with Crippen LogP contribution in [0.4, 0.5) is 4.79 Å². The van der Waals surface area contributed by atoms with Crippen LogP contribution in [0.5, 0.6) is 0 Å². The summed E-state index contributed by atoms with van der Waals surface area (Å²) < 4.78 is 5.50. The van der Waals surface area contributed by atoms with Crippen LogP contribution in [0.15, 0.2) is 48.5 Å². The summed E-state index contributed by atoms with van der Waals surface area (Å²) in [6.07, 6.45) is 0.444. The summed E-state index contributed by atoms with van der Waals surface area (Å²) in [5, 5.41) is 14.0. The molecule has 0 aromatic heterocycles. The van der Waals surface area contributed by atoms with Gasteiger partial charge in [0.2, 0.25) is 5.91 Å². The quantitative estimate of drug-likeness (QED) is 0.533. The van der Waals surface area contributed by atoms with Crippen LogP contribution in [0.1, 0.15) is 50.2 Å². The molecule has 0 heterocycles. The van der Waals surface area contributed by atoms with E-state index in [0.717, 1.165) is 22.3 Å². The minimum absolute atomic E-state index is 0.0516. The number of aliphatic carboxylic acids is 1. The summed E-state index contributed by atoms with van der Waals surface area (Å²) in [5.41, 5.74) is 3.38. The molecule has 0 bridgehead atoms. The molecule has 1 aliphatic carbocycles. The number of fused-ring (bicyclic) bond motifs is 3. The van der Waals surface area contributed by atoms with Crippen LogP contribution in [-0.4, -0.2) is 41.8 Å². The summed E-state index contributed by atoms with van der Waals surface area (Å²) in [6, 6.07) is 16.2. The summed E-state index contributed by atoms with van der Waals surface area (Å²) >= 11 is 0. The number of unbranched alkanes of at least 4 members (excludes halogenated alkanes) is 1. The van der Waals surface area contributed by atoms with Gasteiger partial charge in [-0.2, -0.15) is 0 Å². The maximum Gasteiger partial charge on any atom is 0.408 e. The van der Waals surface area contributed by atoms with Gasteiger partial charge in [-0.3, -0.25) is 9.59 Å². The molecule has 0 fully saturated rings. The van der Waals surface area contributed by atoms with Gasteiger partial charge < -0.3 is 20.5 Å².